The summed E-state index contributed by atoms with van der Waals surface area (Å²) < 4.78 is 13.0. The quantitative estimate of drug-likeness (QED) is 0.316. The van der Waals surface area contributed by atoms with Crippen molar-refractivity contribution in [3.05, 3.63) is 88.0 Å². The molecule has 0 aliphatic rings. The lowest BCUT2D eigenvalue weighted by molar-refractivity contribution is -0.383. The van der Waals surface area contributed by atoms with Crippen LogP contribution in [0.15, 0.2) is 60.9 Å². The predicted molar refractivity (Wildman–Crippen MR) is 108 cm³/mol. The molecule has 0 aliphatic heterocycles. The minimum atomic E-state index is -0.780. The first-order valence-electron chi connectivity index (χ1n) is 8.84. The van der Waals surface area contributed by atoms with Crippen LogP contribution in [0.1, 0.15) is 15.9 Å². The van der Waals surface area contributed by atoms with Gasteiger partial charge in [-0.15, -0.1) is 0 Å². The summed E-state index contributed by atoms with van der Waals surface area (Å²) in [6.45, 7) is 0. The fourth-order valence-electron chi connectivity index (χ4n) is 2.48. The van der Waals surface area contributed by atoms with Crippen LogP contribution in [-0.4, -0.2) is 26.7 Å². The Morgan fingerprint density at radius 1 is 0.935 bits per heavy atom. The van der Waals surface area contributed by atoms with Gasteiger partial charge in [0.05, 0.1) is 11.3 Å². The standard InChI is InChI=1S/C19H16FN7O4/c20-14-8-6-13(7-9-14)19(29)26-25-18-16(27(30)31)17(21-11-22-18)24-23-15(28)10-12-4-2-1-3-5-12/h1-9,11H,10H2,(H,23,28)(H,26,29)(H2,21,22,24,25). The molecule has 0 saturated heterocycles. The molecule has 0 aliphatic carbocycles. The molecule has 0 radical (unpaired) electrons. The van der Waals surface area contributed by atoms with Crippen LogP contribution in [0.25, 0.3) is 0 Å². The van der Waals surface area contributed by atoms with Crippen LogP contribution in [0, 0.1) is 15.9 Å². The molecule has 1 aromatic heterocycles. The second-order valence-corrected chi connectivity index (χ2v) is 6.10. The van der Waals surface area contributed by atoms with Crippen molar-refractivity contribution in [3.63, 3.8) is 0 Å². The number of anilines is 2. The Kier molecular flexibility index (Phi) is 6.63. The van der Waals surface area contributed by atoms with Crippen molar-refractivity contribution in [1.82, 2.24) is 20.8 Å². The first-order chi connectivity index (χ1) is 14.9. The highest BCUT2D eigenvalue weighted by Gasteiger charge is 2.24. The number of hydrogen-bond donors (Lipinski definition) is 4. The van der Waals surface area contributed by atoms with E-state index in [4.69, 9.17) is 0 Å². The number of rotatable bonds is 8. The molecule has 0 bridgehead atoms. The van der Waals surface area contributed by atoms with Crippen LogP contribution in [0.2, 0.25) is 0 Å². The van der Waals surface area contributed by atoms with E-state index >= 15 is 0 Å². The Balaban J connectivity index is 1.67. The van der Waals surface area contributed by atoms with Crippen molar-refractivity contribution in [1.29, 1.82) is 0 Å². The number of carbonyl (C=O) groups is 2. The third-order valence-electron chi connectivity index (χ3n) is 3.93. The number of nitrogens with zero attached hydrogens (tertiary/aromatic N) is 3. The van der Waals surface area contributed by atoms with Gasteiger partial charge in [-0.25, -0.2) is 14.4 Å². The molecule has 0 spiro atoms. The van der Waals surface area contributed by atoms with Crippen LogP contribution in [0.5, 0.6) is 0 Å². The topological polar surface area (TPSA) is 151 Å². The highest BCUT2D eigenvalue weighted by atomic mass is 19.1. The van der Waals surface area contributed by atoms with Crippen molar-refractivity contribution in [2.24, 2.45) is 0 Å². The van der Waals surface area contributed by atoms with Crippen LogP contribution in [-0.2, 0) is 11.2 Å². The molecule has 3 rings (SSSR count). The van der Waals surface area contributed by atoms with Gasteiger partial charge in [-0.2, -0.15) is 0 Å². The van der Waals surface area contributed by atoms with Gasteiger partial charge in [0.1, 0.15) is 12.1 Å². The lowest BCUT2D eigenvalue weighted by Crippen LogP contribution is -2.32. The Morgan fingerprint density at radius 2 is 1.55 bits per heavy atom. The van der Waals surface area contributed by atoms with E-state index in [2.05, 4.69) is 31.7 Å². The van der Waals surface area contributed by atoms with E-state index in [1.165, 1.54) is 12.1 Å². The number of nitrogens with one attached hydrogen (secondary N) is 4. The largest absolute Gasteiger partial charge is 0.356 e. The molecule has 2 amide bonds. The number of hydrazine groups is 2. The molecule has 11 nitrogen and oxygen atoms in total. The number of benzene rings is 2. The van der Waals surface area contributed by atoms with Crippen LogP contribution < -0.4 is 21.7 Å². The molecule has 0 unspecified atom stereocenters. The minimum Gasteiger partial charge on any atom is -0.276 e. The molecule has 2 aromatic carbocycles. The number of carbonyl (C=O) groups excluding carboxylic acids is 2. The number of amides is 2. The zero-order valence-electron chi connectivity index (χ0n) is 15.8. The second-order valence-electron chi connectivity index (χ2n) is 6.10. The summed E-state index contributed by atoms with van der Waals surface area (Å²) in [7, 11) is 0. The maximum Gasteiger partial charge on any atom is 0.356 e. The van der Waals surface area contributed by atoms with Crippen LogP contribution >= 0.6 is 0 Å². The Bertz CT molecular complexity index is 1090. The zero-order valence-corrected chi connectivity index (χ0v) is 15.8. The lowest BCUT2D eigenvalue weighted by Gasteiger charge is -2.11. The average molecular weight is 425 g/mol. The summed E-state index contributed by atoms with van der Waals surface area (Å²) in [5.74, 6) is -2.24. The third kappa shape index (κ3) is 5.69. The smallest absolute Gasteiger partial charge is 0.276 e. The molecule has 1 heterocycles. The van der Waals surface area contributed by atoms with Gasteiger partial charge in [0.25, 0.3) is 5.91 Å². The summed E-state index contributed by atoms with van der Waals surface area (Å²) in [6, 6.07) is 13.6. The summed E-state index contributed by atoms with van der Waals surface area (Å²) in [5, 5.41) is 11.5. The number of hydrogen-bond acceptors (Lipinski definition) is 8. The normalized spacial score (nSPS) is 10.1. The molecule has 3 aromatic rings. The highest BCUT2D eigenvalue weighted by molar-refractivity contribution is 5.95. The van der Waals surface area contributed by atoms with Crippen molar-refractivity contribution in [2.45, 2.75) is 6.42 Å². The fourth-order valence-corrected chi connectivity index (χ4v) is 2.48. The zero-order chi connectivity index (χ0) is 22.2. The van der Waals surface area contributed by atoms with Gasteiger partial charge in [0, 0.05) is 5.56 Å². The van der Waals surface area contributed by atoms with Gasteiger partial charge in [0.15, 0.2) is 0 Å². The fraction of sp³-hybridized carbons (Fsp3) is 0.0526. The van der Waals surface area contributed by atoms with E-state index in [-0.39, 0.29) is 23.6 Å². The number of aromatic nitrogens is 2. The third-order valence-corrected chi connectivity index (χ3v) is 3.93. The van der Waals surface area contributed by atoms with Crippen molar-refractivity contribution in [3.8, 4) is 0 Å². The van der Waals surface area contributed by atoms with Crippen molar-refractivity contribution < 1.29 is 18.9 Å². The van der Waals surface area contributed by atoms with E-state index in [0.717, 1.165) is 24.0 Å². The molecule has 0 atom stereocenters. The van der Waals surface area contributed by atoms with E-state index in [1.807, 2.05) is 6.07 Å². The first kappa shape index (κ1) is 21.1. The van der Waals surface area contributed by atoms with Crippen molar-refractivity contribution in [2.75, 3.05) is 10.9 Å². The van der Waals surface area contributed by atoms with Gasteiger partial charge in [-0.05, 0) is 29.8 Å². The van der Waals surface area contributed by atoms with E-state index in [0.29, 0.717) is 0 Å². The number of halogens is 1. The van der Waals surface area contributed by atoms with Gasteiger partial charge < -0.3 is 0 Å². The van der Waals surface area contributed by atoms with Crippen molar-refractivity contribution >= 4 is 29.1 Å². The maximum absolute atomic E-state index is 13.0. The van der Waals surface area contributed by atoms with Crippen LogP contribution in [0.3, 0.4) is 0 Å². The molecule has 12 heteroatoms. The Labute approximate surface area is 174 Å². The Morgan fingerprint density at radius 3 is 2.16 bits per heavy atom. The van der Waals surface area contributed by atoms with Gasteiger partial charge in [0.2, 0.25) is 17.5 Å². The van der Waals surface area contributed by atoms with E-state index < -0.39 is 28.2 Å². The SMILES string of the molecule is O=C(Cc1ccccc1)NNc1ncnc(NNC(=O)c2ccc(F)cc2)c1[N+](=O)[O-]. The summed E-state index contributed by atoms with van der Waals surface area (Å²) >= 11 is 0. The van der Waals surface area contributed by atoms with Crippen LogP contribution in [0.4, 0.5) is 21.7 Å². The van der Waals surface area contributed by atoms with E-state index in [9.17, 15) is 24.1 Å². The maximum atomic E-state index is 13.0. The highest BCUT2D eigenvalue weighted by Crippen LogP contribution is 2.27. The number of nitro groups is 1. The molecular weight excluding hydrogens is 409 g/mol. The predicted octanol–water partition coefficient (Wildman–Crippen LogP) is 1.97. The molecule has 0 saturated carbocycles. The first-order valence-corrected chi connectivity index (χ1v) is 8.84. The molecule has 0 fully saturated rings. The van der Waals surface area contributed by atoms with E-state index in [1.54, 1.807) is 24.3 Å². The molecule has 4 N–H and O–H groups in total. The second kappa shape index (κ2) is 9.73. The minimum absolute atomic E-state index is 0.0472. The van der Waals surface area contributed by atoms with Gasteiger partial charge in [-0.1, -0.05) is 30.3 Å². The lowest BCUT2D eigenvalue weighted by atomic mass is 10.1. The summed E-state index contributed by atoms with van der Waals surface area (Å²) in [4.78, 5) is 42.4. The Hall–Kier alpha value is -4.61. The summed E-state index contributed by atoms with van der Waals surface area (Å²) in [5.41, 5.74) is 9.56. The monoisotopic (exact) mass is 425 g/mol. The molecule has 158 valence electrons. The molecular formula is C19H16FN7O4. The molecule has 31 heavy (non-hydrogen) atoms. The van der Waals surface area contributed by atoms with Gasteiger partial charge >= 0.3 is 5.69 Å². The summed E-state index contributed by atoms with van der Waals surface area (Å²) in [6.07, 6.45) is 1.05. The average Bonchev–Trinajstić information content (AvgIpc) is 2.77. The van der Waals surface area contributed by atoms with Gasteiger partial charge in [-0.3, -0.25) is 41.4 Å².